The minimum atomic E-state index is 0.124. The van der Waals surface area contributed by atoms with Gasteiger partial charge in [0.1, 0.15) is 23.0 Å². The molecule has 4 heteroatoms. The maximum Gasteiger partial charge on any atom is 0.131 e. The van der Waals surface area contributed by atoms with Crippen LogP contribution in [-0.2, 0) is 0 Å². The van der Waals surface area contributed by atoms with E-state index in [0.29, 0.717) is 46.6 Å². The first-order chi connectivity index (χ1) is 16.4. The molecule has 4 aromatic rings. The average molecular weight is 459 g/mol. The summed E-state index contributed by atoms with van der Waals surface area (Å²) in [7, 11) is 0. The highest BCUT2D eigenvalue weighted by atomic mass is 16.5. The molecule has 0 aliphatic rings. The van der Waals surface area contributed by atoms with Crippen molar-refractivity contribution >= 4 is 21.5 Å². The van der Waals surface area contributed by atoms with Gasteiger partial charge in [0.2, 0.25) is 0 Å². The van der Waals surface area contributed by atoms with Crippen LogP contribution in [-0.4, -0.2) is 23.4 Å². The predicted octanol–water partition coefficient (Wildman–Crippen LogP) is 8.05. The molecule has 0 radical (unpaired) electrons. The van der Waals surface area contributed by atoms with Gasteiger partial charge in [0.25, 0.3) is 0 Å². The molecule has 0 amide bonds. The lowest BCUT2D eigenvalue weighted by molar-refractivity contribution is 0.312. The smallest absolute Gasteiger partial charge is 0.131 e. The van der Waals surface area contributed by atoms with Crippen molar-refractivity contribution in [1.29, 1.82) is 0 Å². The second-order valence-electron chi connectivity index (χ2n) is 9.04. The normalized spacial score (nSPS) is 11.3. The Hall–Kier alpha value is -3.40. The molecule has 0 bridgehead atoms. The minimum Gasteiger partial charge on any atom is -0.507 e. The van der Waals surface area contributed by atoms with Crippen LogP contribution in [0.25, 0.3) is 32.7 Å². The van der Waals surface area contributed by atoms with E-state index in [4.69, 9.17) is 9.47 Å². The van der Waals surface area contributed by atoms with Gasteiger partial charge in [0, 0.05) is 32.7 Å². The molecule has 4 aromatic carbocycles. The molecule has 0 saturated heterocycles. The summed E-state index contributed by atoms with van der Waals surface area (Å²) in [4.78, 5) is 0. The number of phenolic OH excluding ortho intramolecular Hbond substituents is 2. The van der Waals surface area contributed by atoms with Gasteiger partial charge in [0.05, 0.1) is 13.2 Å². The number of hydrogen-bond donors (Lipinski definition) is 2. The van der Waals surface area contributed by atoms with Gasteiger partial charge >= 0.3 is 0 Å². The van der Waals surface area contributed by atoms with Crippen molar-refractivity contribution in [2.45, 2.75) is 53.4 Å². The molecule has 0 spiro atoms. The third-order valence-corrected chi connectivity index (χ3v) is 6.25. The van der Waals surface area contributed by atoms with Crippen LogP contribution >= 0.6 is 0 Å². The molecule has 0 aliphatic carbocycles. The van der Waals surface area contributed by atoms with Crippen LogP contribution in [0.2, 0.25) is 0 Å². The summed E-state index contributed by atoms with van der Waals surface area (Å²) in [6, 6.07) is 15.5. The van der Waals surface area contributed by atoms with Crippen LogP contribution in [0.1, 0.15) is 50.7 Å². The van der Waals surface area contributed by atoms with Gasteiger partial charge in [-0.15, -0.1) is 0 Å². The Morgan fingerprint density at radius 1 is 0.588 bits per heavy atom. The van der Waals surface area contributed by atoms with E-state index in [2.05, 4.69) is 13.8 Å². The van der Waals surface area contributed by atoms with E-state index < -0.39 is 0 Å². The van der Waals surface area contributed by atoms with Gasteiger partial charge in [-0.05, 0) is 51.0 Å². The summed E-state index contributed by atoms with van der Waals surface area (Å²) in [6.45, 7) is 9.50. The Balaban J connectivity index is 1.95. The van der Waals surface area contributed by atoms with E-state index in [0.717, 1.165) is 47.6 Å². The molecule has 0 fully saturated rings. The lowest BCUT2D eigenvalue weighted by Crippen LogP contribution is -2.00. The van der Waals surface area contributed by atoms with Crippen LogP contribution in [0.5, 0.6) is 23.0 Å². The monoisotopic (exact) mass is 458 g/mol. The zero-order valence-corrected chi connectivity index (χ0v) is 20.6. The fraction of sp³-hybridized carbons (Fsp3) is 0.333. The summed E-state index contributed by atoms with van der Waals surface area (Å²) in [5.41, 5.74) is 3.25. The molecule has 0 aromatic heterocycles. The van der Waals surface area contributed by atoms with Crippen LogP contribution in [0.3, 0.4) is 0 Å². The molecule has 0 heterocycles. The molecule has 4 rings (SSSR count). The van der Waals surface area contributed by atoms with Crippen molar-refractivity contribution in [3.05, 3.63) is 59.7 Å². The van der Waals surface area contributed by atoms with Crippen LogP contribution in [0.4, 0.5) is 0 Å². The number of ether oxygens (including phenoxy) is 2. The fourth-order valence-electron chi connectivity index (χ4n) is 4.28. The molecule has 0 saturated carbocycles. The molecule has 4 nitrogen and oxygen atoms in total. The lowest BCUT2D eigenvalue weighted by atomic mass is 9.94. The van der Waals surface area contributed by atoms with Crippen molar-refractivity contribution < 1.29 is 19.7 Å². The first-order valence-corrected chi connectivity index (χ1v) is 12.2. The van der Waals surface area contributed by atoms with Crippen molar-refractivity contribution in [3.63, 3.8) is 0 Å². The van der Waals surface area contributed by atoms with Gasteiger partial charge in [-0.3, -0.25) is 0 Å². The molecule has 0 unspecified atom stereocenters. The summed E-state index contributed by atoms with van der Waals surface area (Å²) in [6.07, 6.45) is 3.95. The highest BCUT2D eigenvalue weighted by molar-refractivity contribution is 6.04. The van der Waals surface area contributed by atoms with Crippen LogP contribution < -0.4 is 9.47 Å². The molecular formula is C30H34O4. The highest BCUT2D eigenvalue weighted by Crippen LogP contribution is 2.48. The van der Waals surface area contributed by atoms with Crippen molar-refractivity contribution in [1.82, 2.24) is 0 Å². The molecule has 0 aliphatic heterocycles. The number of phenols is 2. The minimum absolute atomic E-state index is 0.124. The Morgan fingerprint density at radius 3 is 1.38 bits per heavy atom. The Bertz CT molecular complexity index is 1220. The van der Waals surface area contributed by atoms with Crippen molar-refractivity contribution in [3.8, 4) is 34.1 Å². The molecule has 34 heavy (non-hydrogen) atoms. The standard InChI is InChI=1S/C30H34O4/c1-5-7-13-33-27-17-25(29(31)21-11-9-19(3)15-23(21)27)26-18-28(34-14-8-6-2)24-16-20(4)10-12-22(24)30(26)32/h9-12,15-18,31-32H,5-8,13-14H2,1-4H3. The predicted molar refractivity (Wildman–Crippen MR) is 140 cm³/mol. The van der Waals surface area contributed by atoms with E-state index in [1.807, 2.05) is 62.4 Å². The number of aryl methyl sites for hydroxylation is 2. The number of unbranched alkanes of at least 4 members (excludes halogenated alkanes) is 2. The van der Waals surface area contributed by atoms with Crippen molar-refractivity contribution in [2.75, 3.05) is 13.2 Å². The quantitative estimate of drug-likeness (QED) is 0.249. The van der Waals surface area contributed by atoms with E-state index >= 15 is 0 Å². The average Bonchev–Trinajstić information content (AvgIpc) is 2.82. The summed E-state index contributed by atoms with van der Waals surface area (Å²) in [5, 5.41) is 25.8. The number of aromatic hydroxyl groups is 2. The number of rotatable bonds is 9. The summed E-state index contributed by atoms with van der Waals surface area (Å²) >= 11 is 0. The van der Waals surface area contributed by atoms with Crippen LogP contribution in [0, 0.1) is 13.8 Å². The van der Waals surface area contributed by atoms with Gasteiger partial charge in [0.15, 0.2) is 0 Å². The second kappa shape index (κ2) is 10.3. The first-order valence-electron chi connectivity index (χ1n) is 12.2. The third-order valence-electron chi connectivity index (χ3n) is 6.25. The zero-order valence-electron chi connectivity index (χ0n) is 20.6. The summed E-state index contributed by atoms with van der Waals surface area (Å²) < 4.78 is 12.3. The number of hydrogen-bond acceptors (Lipinski definition) is 4. The van der Waals surface area contributed by atoms with Gasteiger partial charge < -0.3 is 19.7 Å². The maximum atomic E-state index is 11.3. The zero-order chi connectivity index (χ0) is 24.2. The molecule has 2 N–H and O–H groups in total. The summed E-state index contributed by atoms with van der Waals surface area (Å²) in [5.74, 6) is 1.66. The Labute approximate surface area is 201 Å². The van der Waals surface area contributed by atoms with E-state index in [-0.39, 0.29) is 11.5 Å². The van der Waals surface area contributed by atoms with Crippen molar-refractivity contribution in [2.24, 2.45) is 0 Å². The van der Waals surface area contributed by atoms with Gasteiger partial charge in [-0.25, -0.2) is 0 Å². The SMILES string of the molecule is CCCCOc1cc(-c2cc(OCCCC)c3cc(C)ccc3c2O)c(O)c2ccc(C)cc12. The molecule has 178 valence electrons. The highest BCUT2D eigenvalue weighted by Gasteiger charge is 2.20. The maximum absolute atomic E-state index is 11.3. The molecular weight excluding hydrogens is 424 g/mol. The largest absolute Gasteiger partial charge is 0.507 e. The van der Waals surface area contributed by atoms with Crippen LogP contribution in [0.15, 0.2) is 48.5 Å². The second-order valence-corrected chi connectivity index (χ2v) is 9.04. The number of benzene rings is 4. The molecule has 0 atom stereocenters. The van der Waals surface area contributed by atoms with Gasteiger partial charge in [-0.1, -0.05) is 62.1 Å². The first kappa shape index (κ1) is 23.7. The lowest BCUT2D eigenvalue weighted by Gasteiger charge is -2.18. The Kier molecular flexibility index (Phi) is 7.16. The Morgan fingerprint density at radius 2 is 1.00 bits per heavy atom. The van der Waals surface area contributed by atoms with E-state index in [1.165, 1.54) is 0 Å². The van der Waals surface area contributed by atoms with E-state index in [1.54, 1.807) is 0 Å². The van der Waals surface area contributed by atoms with Gasteiger partial charge in [-0.2, -0.15) is 0 Å². The third kappa shape index (κ3) is 4.63. The number of fused-ring (bicyclic) bond motifs is 2. The van der Waals surface area contributed by atoms with E-state index in [9.17, 15) is 10.2 Å². The topological polar surface area (TPSA) is 58.9 Å². The fourth-order valence-corrected chi connectivity index (χ4v) is 4.28.